The molecule has 1 unspecified atom stereocenters. The Labute approximate surface area is 246 Å². The highest BCUT2D eigenvalue weighted by Gasteiger charge is 2.49. The van der Waals surface area contributed by atoms with Crippen LogP contribution in [0.2, 0.25) is 0 Å². The molecule has 0 spiro atoms. The van der Waals surface area contributed by atoms with Gasteiger partial charge in [-0.15, -0.1) is 0 Å². The molecule has 0 radical (unpaired) electrons. The molecule has 7 heterocycles. The summed E-state index contributed by atoms with van der Waals surface area (Å²) in [6, 6.07) is 0. The molecule has 8 atom stereocenters. The molecule has 3 saturated heterocycles. The van der Waals surface area contributed by atoms with Crippen LogP contribution in [-0.2, 0) is 37.6 Å². The summed E-state index contributed by atoms with van der Waals surface area (Å²) in [5.74, 6) is -0.785. The van der Waals surface area contributed by atoms with Gasteiger partial charge in [-0.25, -0.2) is 28.7 Å². The molecule has 0 saturated carbocycles. The van der Waals surface area contributed by atoms with Gasteiger partial charge in [-0.05, 0) is 0 Å². The number of imidazole rings is 2. The molecular formula is C21H26N11O10PS. The van der Waals surface area contributed by atoms with E-state index in [1.165, 1.54) is 28.1 Å². The van der Waals surface area contributed by atoms with Gasteiger partial charge >= 0.3 is 18.1 Å². The summed E-state index contributed by atoms with van der Waals surface area (Å²) >= 11 is 0. The number of nitrogen functional groups attached to an aromatic ring is 2. The van der Waals surface area contributed by atoms with Crippen molar-refractivity contribution in [3.05, 3.63) is 29.3 Å². The smallest absolute Gasteiger partial charge is 0.382 e. The second-order valence-electron chi connectivity index (χ2n) is 10.4. The SMILES string of the molecule is C[C@H]1[C@H]2OS(=O)(=O)NC[C@H]3O[C@@H](n4cnc5c(N)ncnc54)C[C@@H]3OP(=O)(O)OC[C@H]1O[C@H]2n1cnc2c(=O)[nH]c(N)nc21. The van der Waals surface area contributed by atoms with Crippen molar-refractivity contribution < 1.29 is 40.6 Å². The number of H-pyrrole nitrogens is 1. The number of fused-ring (bicyclic) bond motifs is 5. The fourth-order valence-corrected chi connectivity index (χ4v) is 7.47. The Morgan fingerprint density at radius 2 is 1.82 bits per heavy atom. The fourth-order valence-electron chi connectivity index (χ4n) is 5.51. The van der Waals surface area contributed by atoms with Crippen molar-refractivity contribution in [3.8, 4) is 0 Å². The van der Waals surface area contributed by atoms with Crippen molar-refractivity contribution in [2.45, 2.75) is 50.2 Å². The van der Waals surface area contributed by atoms with Gasteiger partial charge in [0.2, 0.25) is 5.95 Å². The molecule has 2 bridgehead atoms. The molecule has 44 heavy (non-hydrogen) atoms. The summed E-state index contributed by atoms with van der Waals surface area (Å²) in [4.78, 5) is 45.7. The molecule has 3 aliphatic heterocycles. The topological polar surface area (TPSA) is 289 Å². The number of nitrogens with zero attached hydrogens (tertiary/aromatic N) is 7. The van der Waals surface area contributed by atoms with E-state index in [1.54, 1.807) is 6.92 Å². The van der Waals surface area contributed by atoms with Crippen LogP contribution in [0.1, 0.15) is 25.8 Å². The van der Waals surface area contributed by atoms with Crippen molar-refractivity contribution >= 4 is 52.2 Å². The zero-order valence-electron chi connectivity index (χ0n) is 22.7. The van der Waals surface area contributed by atoms with E-state index in [4.69, 9.17) is 34.2 Å². The predicted octanol–water partition coefficient (Wildman–Crippen LogP) is -1.32. The Balaban J connectivity index is 1.19. The normalized spacial score (nSPS) is 34.4. The molecule has 7 rings (SSSR count). The van der Waals surface area contributed by atoms with Gasteiger partial charge in [-0.3, -0.25) is 28.0 Å². The van der Waals surface area contributed by atoms with Crippen molar-refractivity contribution in [2.75, 3.05) is 24.6 Å². The van der Waals surface area contributed by atoms with E-state index in [9.17, 15) is 22.7 Å². The number of anilines is 2. The summed E-state index contributed by atoms with van der Waals surface area (Å²) in [7, 11) is -9.25. The van der Waals surface area contributed by atoms with Crippen LogP contribution < -0.4 is 21.7 Å². The summed E-state index contributed by atoms with van der Waals surface area (Å²) in [5.41, 5.74) is 11.6. The molecule has 236 valence electrons. The third-order valence-corrected chi connectivity index (χ3v) is 9.68. The second-order valence-corrected chi connectivity index (χ2v) is 13.2. The number of nitrogens with two attached hydrogens (primary N) is 2. The van der Waals surface area contributed by atoms with Crippen LogP contribution in [-0.4, -0.2) is 89.9 Å². The molecule has 0 amide bonds. The lowest BCUT2D eigenvalue weighted by molar-refractivity contribution is -0.0497. The maximum atomic E-state index is 13.2. The molecule has 0 aromatic carbocycles. The first-order chi connectivity index (χ1) is 20.9. The van der Waals surface area contributed by atoms with E-state index in [1.807, 2.05) is 0 Å². The van der Waals surface area contributed by atoms with E-state index in [0.717, 1.165) is 0 Å². The molecule has 4 aromatic heterocycles. The Morgan fingerprint density at radius 3 is 2.64 bits per heavy atom. The number of nitrogens with one attached hydrogen (secondary N) is 2. The van der Waals surface area contributed by atoms with Gasteiger partial charge in [0.05, 0.1) is 25.4 Å². The zero-order chi connectivity index (χ0) is 31.0. The number of hydrogen-bond donors (Lipinski definition) is 5. The summed E-state index contributed by atoms with van der Waals surface area (Å²) < 4.78 is 73.3. The number of rotatable bonds is 2. The number of hydrogen-bond acceptors (Lipinski definition) is 16. The average molecular weight is 656 g/mol. The number of aromatic amines is 1. The van der Waals surface area contributed by atoms with Crippen molar-refractivity contribution in [2.24, 2.45) is 5.92 Å². The number of aromatic nitrogens is 8. The van der Waals surface area contributed by atoms with Gasteiger partial charge in [-0.1, -0.05) is 6.92 Å². The van der Waals surface area contributed by atoms with Crippen LogP contribution in [0.5, 0.6) is 0 Å². The van der Waals surface area contributed by atoms with Gasteiger partial charge in [0.1, 0.15) is 36.4 Å². The Morgan fingerprint density at radius 1 is 1.05 bits per heavy atom. The van der Waals surface area contributed by atoms with Gasteiger partial charge < -0.3 is 25.8 Å². The van der Waals surface area contributed by atoms with Crippen molar-refractivity contribution in [1.29, 1.82) is 0 Å². The third-order valence-electron chi connectivity index (χ3n) is 7.67. The fraction of sp³-hybridized carbons (Fsp3) is 0.524. The zero-order valence-corrected chi connectivity index (χ0v) is 24.4. The molecule has 7 N–H and O–H groups in total. The quantitative estimate of drug-likeness (QED) is 0.156. The van der Waals surface area contributed by atoms with Crippen molar-refractivity contribution in [1.82, 2.24) is 43.8 Å². The highest BCUT2D eigenvalue weighted by molar-refractivity contribution is 7.84. The molecule has 23 heteroatoms. The van der Waals surface area contributed by atoms with Crippen LogP contribution in [0.25, 0.3) is 22.3 Å². The lowest BCUT2D eigenvalue weighted by Crippen LogP contribution is -2.41. The monoisotopic (exact) mass is 655 g/mol. The maximum Gasteiger partial charge on any atom is 0.472 e. The standard InChI is InChI=1S/C21H26N11O10PS/c1-8-11-4-38-43(34,35)41-9-2-12(31-6-26-13-16(22)24-5-25-17(13)31)39-10(9)3-28-44(36,37)42-15(8)20(40-11)32-7-27-14-18(32)29-21(23)30-19(14)33/h5-12,15,20,28H,2-4H2,1H3,(H,34,35)(H2,22,24,25)(H3,23,29,30,33)/t8-,9+,10-,11-,12-,15-,20-/m1/s1. The number of phosphoric ester groups is 1. The summed E-state index contributed by atoms with van der Waals surface area (Å²) in [5, 5.41) is 0. The molecule has 4 aromatic rings. The Kier molecular flexibility index (Phi) is 6.95. The van der Waals surface area contributed by atoms with E-state index in [-0.39, 0.29) is 29.4 Å². The van der Waals surface area contributed by atoms with E-state index in [0.29, 0.717) is 11.2 Å². The number of phosphoric acid groups is 1. The Hall–Kier alpha value is -3.60. The first-order valence-electron chi connectivity index (χ1n) is 13.2. The molecular weight excluding hydrogens is 629 g/mol. The lowest BCUT2D eigenvalue weighted by atomic mass is 10.0. The predicted molar refractivity (Wildman–Crippen MR) is 146 cm³/mol. The van der Waals surface area contributed by atoms with E-state index >= 15 is 0 Å². The summed E-state index contributed by atoms with van der Waals surface area (Å²) in [6.07, 6.45) is -2.53. The van der Waals surface area contributed by atoms with E-state index < -0.39 is 79.6 Å². The van der Waals surface area contributed by atoms with Gasteiger partial charge in [0, 0.05) is 18.9 Å². The van der Waals surface area contributed by atoms with Gasteiger partial charge in [0.15, 0.2) is 28.9 Å². The summed E-state index contributed by atoms with van der Waals surface area (Å²) in [6.45, 7) is 0.718. The first-order valence-corrected chi connectivity index (χ1v) is 16.1. The average Bonchev–Trinajstić information content (AvgIpc) is 3.72. The first kappa shape index (κ1) is 29.1. The van der Waals surface area contributed by atoms with Crippen LogP contribution >= 0.6 is 7.82 Å². The van der Waals surface area contributed by atoms with Crippen LogP contribution in [0.3, 0.4) is 0 Å². The largest absolute Gasteiger partial charge is 0.472 e. The highest BCUT2D eigenvalue weighted by atomic mass is 32.2. The second kappa shape index (κ2) is 10.5. The van der Waals surface area contributed by atoms with Crippen LogP contribution in [0, 0.1) is 5.92 Å². The maximum absolute atomic E-state index is 13.2. The molecule has 0 aliphatic carbocycles. The minimum atomic E-state index is -4.75. The van der Waals surface area contributed by atoms with Crippen LogP contribution in [0.4, 0.5) is 11.8 Å². The number of ether oxygens (including phenoxy) is 2. The van der Waals surface area contributed by atoms with Crippen molar-refractivity contribution in [3.63, 3.8) is 0 Å². The molecule has 3 fully saturated rings. The molecule has 21 nitrogen and oxygen atoms in total. The van der Waals surface area contributed by atoms with E-state index in [2.05, 4.69) is 34.6 Å². The minimum Gasteiger partial charge on any atom is -0.382 e. The van der Waals surface area contributed by atoms with Gasteiger partial charge in [-0.2, -0.15) is 18.1 Å². The minimum absolute atomic E-state index is 0.000521. The Bertz CT molecular complexity index is 1970. The van der Waals surface area contributed by atoms with Gasteiger partial charge in [0.25, 0.3) is 5.56 Å². The third kappa shape index (κ3) is 5.12. The van der Waals surface area contributed by atoms with Crippen LogP contribution in [0.15, 0.2) is 23.8 Å². The lowest BCUT2D eigenvalue weighted by Gasteiger charge is -2.24. The molecule has 3 aliphatic rings. The highest BCUT2D eigenvalue weighted by Crippen LogP contribution is 2.50.